The molecule has 0 saturated carbocycles. The summed E-state index contributed by atoms with van der Waals surface area (Å²) in [6.45, 7) is 2.77. The summed E-state index contributed by atoms with van der Waals surface area (Å²) in [5.74, 6) is 0.801. The van der Waals surface area contributed by atoms with Crippen LogP contribution in [0.3, 0.4) is 0 Å². The highest BCUT2D eigenvalue weighted by molar-refractivity contribution is 6.30. The maximum Gasteiger partial charge on any atom is 0.220 e. The Balaban J connectivity index is 1.65. The van der Waals surface area contributed by atoms with Gasteiger partial charge in [-0.2, -0.15) is 0 Å². The Labute approximate surface area is 119 Å². The van der Waals surface area contributed by atoms with Crippen molar-refractivity contribution in [1.29, 1.82) is 0 Å². The molecule has 0 aliphatic carbocycles. The number of benzene rings is 1. The van der Waals surface area contributed by atoms with Gasteiger partial charge >= 0.3 is 0 Å². The van der Waals surface area contributed by atoms with Gasteiger partial charge in [0.05, 0.1) is 0 Å². The van der Waals surface area contributed by atoms with Gasteiger partial charge in [-0.15, -0.1) is 0 Å². The normalized spacial score (nSPS) is 19.1. The standard InChI is InChI=1S/C15H21ClN2O/c16-14-6-3-13(4-7-14)11-18-15(19)8-5-12-2-1-9-17-10-12/h3-4,6-7,12,17H,1-2,5,8-11H2,(H,18,19). The molecule has 1 fully saturated rings. The van der Waals surface area contributed by atoms with Crippen LogP contribution in [0.25, 0.3) is 0 Å². The third-order valence-corrected chi connectivity index (χ3v) is 3.83. The smallest absolute Gasteiger partial charge is 0.220 e. The van der Waals surface area contributed by atoms with Crippen molar-refractivity contribution < 1.29 is 4.79 Å². The minimum atomic E-state index is 0.139. The third-order valence-electron chi connectivity index (χ3n) is 3.58. The predicted octanol–water partition coefficient (Wildman–Crippen LogP) is 2.74. The molecule has 0 spiro atoms. The third kappa shape index (κ3) is 5.21. The van der Waals surface area contributed by atoms with Crippen LogP contribution in [0.4, 0.5) is 0 Å². The number of carbonyl (C=O) groups excluding carboxylic acids is 1. The Bertz CT molecular complexity index is 399. The molecule has 1 saturated heterocycles. The van der Waals surface area contributed by atoms with Gasteiger partial charge < -0.3 is 10.6 Å². The van der Waals surface area contributed by atoms with Crippen molar-refractivity contribution >= 4 is 17.5 Å². The summed E-state index contributed by atoms with van der Waals surface area (Å²) in [5, 5.41) is 7.06. The van der Waals surface area contributed by atoms with Crippen LogP contribution in [0, 0.1) is 5.92 Å². The maximum atomic E-state index is 11.8. The van der Waals surface area contributed by atoms with E-state index in [4.69, 9.17) is 11.6 Å². The van der Waals surface area contributed by atoms with E-state index in [2.05, 4.69) is 10.6 Å². The van der Waals surface area contributed by atoms with E-state index in [0.717, 1.165) is 30.1 Å². The van der Waals surface area contributed by atoms with E-state index in [1.54, 1.807) is 0 Å². The highest BCUT2D eigenvalue weighted by atomic mass is 35.5. The summed E-state index contributed by atoms with van der Waals surface area (Å²) in [6.07, 6.45) is 4.09. The van der Waals surface area contributed by atoms with Gasteiger partial charge in [0.25, 0.3) is 0 Å². The highest BCUT2D eigenvalue weighted by Crippen LogP contribution is 2.15. The summed E-state index contributed by atoms with van der Waals surface area (Å²) in [5.41, 5.74) is 1.08. The zero-order chi connectivity index (χ0) is 13.5. The summed E-state index contributed by atoms with van der Waals surface area (Å²) in [6, 6.07) is 7.56. The first-order valence-electron chi connectivity index (χ1n) is 6.96. The molecule has 4 heteroatoms. The molecular weight excluding hydrogens is 260 g/mol. The van der Waals surface area contributed by atoms with E-state index in [9.17, 15) is 4.79 Å². The van der Waals surface area contributed by atoms with Crippen LogP contribution in [0.1, 0.15) is 31.2 Å². The van der Waals surface area contributed by atoms with Gasteiger partial charge in [-0.1, -0.05) is 23.7 Å². The maximum absolute atomic E-state index is 11.8. The number of hydrogen-bond donors (Lipinski definition) is 2. The lowest BCUT2D eigenvalue weighted by molar-refractivity contribution is -0.121. The Kier molecular flexibility index (Phi) is 5.67. The van der Waals surface area contributed by atoms with Gasteiger partial charge in [-0.05, 0) is 56.0 Å². The highest BCUT2D eigenvalue weighted by Gasteiger charge is 2.14. The Morgan fingerprint density at radius 3 is 2.84 bits per heavy atom. The van der Waals surface area contributed by atoms with Crippen LogP contribution in [-0.4, -0.2) is 19.0 Å². The topological polar surface area (TPSA) is 41.1 Å². The lowest BCUT2D eigenvalue weighted by Gasteiger charge is -2.22. The minimum absolute atomic E-state index is 0.139. The van der Waals surface area contributed by atoms with Crippen molar-refractivity contribution in [3.05, 3.63) is 34.9 Å². The van der Waals surface area contributed by atoms with E-state index in [1.165, 1.54) is 12.8 Å². The molecule has 1 heterocycles. The van der Waals surface area contributed by atoms with Crippen LogP contribution in [-0.2, 0) is 11.3 Å². The molecule has 3 nitrogen and oxygen atoms in total. The fraction of sp³-hybridized carbons (Fsp3) is 0.533. The minimum Gasteiger partial charge on any atom is -0.352 e. The molecular formula is C15H21ClN2O. The Morgan fingerprint density at radius 2 is 2.16 bits per heavy atom. The Morgan fingerprint density at radius 1 is 1.37 bits per heavy atom. The average Bonchev–Trinajstić information content (AvgIpc) is 2.45. The number of hydrogen-bond acceptors (Lipinski definition) is 2. The van der Waals surface area contributed by atoms with Gasteiger partial charge in [0, 0.05) is 18.0 Å². The second-order valence-electron chi connectivity index (χ2n) is 5.15. The molecule has 1 amide bonds. The number of nitrogens with one attached hydrogen (secondary N) is 2. The largest absolute Gasteiger partial charge is 0.352 e. The van der Waals surface area contributed by atoms with Crippen LogP contribution in [0.15, 0.2) is 24.3 Å². The van der Waals surface area contributed by atoms with Gasteiger partial charge in [0.15, 0.2) is 0 Å². The molecule has 0 aromatic heterocycles. The first-order chi connectivity index (χ1) is 9.24. The van der Waals surface area contributed by atoms with Gasteiger partial charge in [0.1, 0.15) is 0 Å². The lowest BCUT2D eigenvalue weighted by atomic mass is 9.94. The summed E-state index contributed by atoms with van der Waals surface area (Å²) >= 11 is 5.82. The molecule has 2 N–H and O–H groups in total. The molecule has 2 rings (SSSR count). The first-order valence-corrected chi connectivity index (χ1v) is 7.33. The van der Waals surface area contributed by atoms with E-state index < -0.39 is 0 Å². The second-order valence-corrected chi connectivity index (χ2v) is 5.59. The summed E-state index contributed by atoms with van der Waals surface area (Å²) < 4.78 is 0. The summed E-state index contributed by atoms with van der Waals surface area (Å²) in [7, 11) is 0. The quantitative estimate of drug-likeness (QED) is 0.871. The molecule has 19 heavy (non-hydrogen) atoms. The van der Waals surface area contributed by atoms with Crippen LogP contribution in [0.5, 0.6) is 0 Å². The zero-order valence-corrected chi connectivity index (χ0v) is 11.9. The van der Waals surface area contributed by atoms with Gasteiger partial charge in [-0.3, -0.25) is 4.79 Å². The van der Waals surface area contributed by atoms with Crippen molar-refractivity contribution in [2.45, 2.75) is 32.2 Å². The molecule has 1 aromatic rings. The van der Waals surface area contributed by atoms with Crippen molar-refractivity contribution in [2.75, 3.05) is 13.1 Å². The second kappa shape index (κ2) is 7.51. The van der Waals surface area contributed by atoms with Gasteiger partial charge in [0.2, 0.25) is 5.91 Å². The molecule has 1 aromatic carbocycles. The molecule has 1 unspecified atom stereocenters. The molecule has 0 radical (unpaired) electrons. The van der Waals surface area contributed by atoms with Crippen molar-refractivity contribution in [3.63, 3.8) is 0 Å². The van der Waals surface area contributed by atoms with E-state index in [1.807, 2.05) is 24.3 Å². The molecule has 0 bridgehead atoms. The first kappa shape index (κ1) is 14.4. The molecule has 104 valence electrons. The van der Waals surface area contributed by atoms with Crippen LogP contribution in [0.2, 0.25) is 5.02 Å². The van der Waals surface area contributed by atoms with E-state index >= 15 is 0 Å². The number of carbonyl (C=O) groups is 1. The van der Waals surface area contributed by atoms with Crippen molar-refractivity contribution in [2.24, 2.45) is 5.92 Å². The average molecular weight is 281 g/mol. The molecule has 1 aliphatic heterocycles. The van der Waals surface area contributed by atoms with Crippen LogP contribution >= 0.6 is 11.6 Å². The summed E-state index contributed by atoms with van der Waals surface area (Å²) in [4.78, 5) is 11.8. The fourth-order valence-corrected chi connectivity index (χ4v) is 2.52. The fourth-order valence-electron chi connectivity index (χ4n) is 2.40. The number of halogens is 1. The van der Waals surface area contributed by atoms with Gasteiger partial charge in [-0.25, -0.2) is 0 Å². The predicted molar refractivity (Wildman–Crippen MR) is 78.1 cm³/mol. The molecule has 1 aliphatic rings. The van der Waals surface area contributed by atoms with Crippen LogP contribution < -0.4 is 10.6 Å². The number of piperidine rings is 1. The number of amides is 1. The number of rotatable bonds is 5. The Hall–Kier alpha value is -1.06. The van der Waals surface area contributed by atoms with E-state index in [-0.39, 0.29) is 5.91 Å². The van der Waals surface area contributed by atoms with Crippen molar-refractivity contribution in [3.8, 4) is 0 Å². The van der Waals surface area contributed by atoms with Crippen molar-refractivity contribution in [1.82, 2.24) is 10.6 Å². The zero-order valence-electron chi connectivity index (χ0n) is 11.1. The monoisotopic (exact) mass is 280 g/mol. The van der Waals surface area contributed by atoms with E-state index in [0.29, 0.717) is 18.9 Å². The lowest BCUT2D eigenvalue weighted by Crippen LogP contribution is -2.31. The SMILES string of the molecule is O=C(CCC1CCCNC1)NCc1ccc(Cl)cc1. The molecule has 1 atom stereocenters.